The highest BCUT2D eigenvalue weighted by Gasteiger charge is 2.89. The Balaban J connectivity index is 1.12. The van der Waals surface area contributed by atoms with E-state index in [0.29, 0.717) is 6.42 Å². The molecule has 3 saturated heterocycles. The van der Waals surface area contributed by atoms with Crippen LogP contribution < -0.4 is 0 Å². The number of rotatable bonds is 3. The third-order valence-corrected chi connectivity index (χ3v) is 15.9. The number of hydrogen-bond acceptors (Lipinski definition) is 10. The van der Waals surface area contributed by atoms with Gasteiger partial charge in [0, 0.05) is 23.2 Å². The predicted octanol–water partition coefficient (Wildman–Crippen LogP) is 2.09. The summed E-state index contributed by atoms with van der Waals surface area (Å²) >= 11 is 0. The van der Waals surface area contributed by atoms with Crippen molar-refractivity contribution in [3.8, 4) is 0 Å². The van der Waals surface area contributed by atoms with Crippen LogP contribution in [0.5, 0.6) is 0 Å². The van der Waals surface area contributed by atoms with Gasteiger partial charge in [0.1, 0.15) is 30.5 Å². The molecule has 18 atom stereocenters. The van der Waals surface area contributed by atoms with Gasteiger partial charge in [-0.2, -0.15) is 0 Å². The molecular weight excluding hydrogens is 580 g/mol. The molecule has 8 rings (SSSR count). The Bertz CT molecular complexity index is 1240. The summed E-state index contributed by atoms with van der Waals surface area (Å²) < 4.78 is 25.6. The van der Waals surface area contributed by atoms with Crippen LogP contribution in [0.3, 0.4) is 0 Å². The molecule has 0 aromatic rings. The smallest absolute Gasteiger partial charge is 0.199 e. The van der Waals surface area contributed by atoms with E-state index in [0.717, 1.165) is 38.5 Å². The van der Waals surface area contributed by atoms with E-state index in [1.54, 1.807) is 13.8 Å². The van der Waals surface area contributed by atoms with E-state index in [4.69, 9.17) is 18.9 Å². The molecule has 5 aliphatic carbocycles. The van der Waals surface area contributed by atoms with Gasteiger partial charge >= 0.3 is 0 Å². The molecular formula is C35H56O10. The SMILES string of the molecule is C[C@@H]1C[C@H]2O[C@@]3(O[C@@H]2C(C)(C)O)[C@H](O)[C@@]2(C)[C@@H]4CC[C@H]5C(C)(C)[C@@H](O[C@@H]6OC[C@@H](O)[C@H](O)[C@H]6O)C[C@H](O)[C@@]56C[C@@]46CC[C@]2(C)[C@@H]13. The molecule has 10 heteroatoms. The fourth-order valence-electron chi connectivity index (χ4n) is 13.9. The summed E-state index contributed by atoms with van der Waals surface area (Å²) in [5.41, 5.74) is -2.59. The molecule has 45 heavy (non-hydrogen) atoms. The van der Waals surface area contributed by atoms with Crippen molar-refractivity contribution < 1.29 is 49.6 Å². The summed E-state index contributed by atoms with van der Waals surface area (Å²) in [5, 5.41) is 66.7. The number of aliphatic hydroxyl groups excluding tert-OH is 5. The van der Waals surface area contributed by atoms with Crippen molar-refractivity contribution in [3.63, 3.8) is 0 Å². The molecule has 3 aliphatic heterocycles. The van der Waals surface area contributed by atoms with Gasteiger partial charge in [-0.3, -0.25) is 0 Å². The highest BCUT2D eigenvalue weighted by Crippen LogP contribution is 2.90. The maximum absolute atomic E-state index is 12.7. The van der Waals surface area contributed by atoms with Crippen LogP contribution in [0.25, 0.3) is 0 Å². The molecule has 8 aliphatic rings. The van der Waals surface area contributed by atoms with Gasteiger partial charge in [0.25, 0.3) is 0 Å². The quantitative estimate of drug-likeness (QED) is 0.254. The fraction of sp³-hybridized carbons (Fsp3) is 1.00. The number of fused-ring (bicyclic) bond motifs is 4. The first-order valence-electron chi connectivity index (χ1n) is 17.6. The Kier molecular flexibility index (Phi) is 6.53. The van der Waals surface area contributed by atoms with E-state index in [1.165, 1.54) is 0 Å². The molecule has 3 heterocycles. The van der Waals surface area contributed by atoms with Crippen LogP contribution in [0.2, 0.25) is 0 Å². The van der Waals surface area contributed by atoms with Crippen LogP contribution in [-0.4, -0.2) is 104 Å². The lowest BCUT2D eigenvalue weighted by Gasteiger charge is -2.64. The maximum Gasteiger partial charge on any atom is 0.199 e. The summed E-state index contributed by atoms with van der Waals surface area (Å²) in [6.45, 7) is 14.7. The highest BCUT2D eigenvalue weighted by atomic mass is 16.8. The lowest BCUT2D eigenvalue weighted by Crippen LogP contribution is -2.64. The van der Waals surface area contributed by atoms with E-state index in [1.807, 2.05) is 0 Å². The Morgan fingerprint density at radius 3 is 2.24 bits per heavy atom. The first-order chi connectivity index (χ1) is 20.8. The third-order valence-electron chi connectivity index (χ3n) is 15.9. The average Bonchev–Trinajstić information content (AvgIpc) is 3.51. The summed E-state index contributed by atoms with van der Waals surface area (Å²) in [6.07, 6.45) is -1.79. The summed E-state index contributed by atoms with van der Waals surface area (Å²) in [6, 6.07) is 0. The van der Waals surface area contributed by atoms with Crippen LogP contribution >= 0.6 is 0 Å². The van der Waals surface area contributed by atoms with Gasteiger partial charge in [0.05, 0.1) is 30.5 Å². The Labute approximate surface area is 266 Å². The van der Waals surface area contributed by atoms with E-state index in [9.17, 15) is 30.6 Å². The second-order valence-corrected chi connectivity index (χ2v) is 18.4. The fourth-order valence-corrected chi connectivity index (χ4v) is 13.9. The zero-order valence-electron chi connectivity index (χ0n) is 28.0. The zero-order chi connectivity index (χ0) is 32.5. The monoisotopic (exact) mass is 636 g/mol. The molecule has 0 radical (unpaired) electrons. The number of aliphatic hydroxyl groups is 6. The molecule has 5 saturated carbocycles. The lowest BCUT2D eigenvalue weighted by atomic mass is 9.41. The van der Waals surface area contributed by atoms with Gasteiger partial charge in [0.2, 0.25) is 0 Å². The van der Waals surface area contributed by atoms with E-state index >= 15 is 0 Å². The topological polar surface area (TPSA) is 158 Å². The van der Waals surface area contributed by atoms with Crippen LogP contribution in [0.1, 0.15) is 93.4 Å². The van der Waals surface area contributed by atoms with Gasteiger partial charge in [-0.15, -0.1) is 0 Å². The maximum atomic E-state index is 12.7. The Morgan fingerprint density at radius 2 is 1.56 bits per heavy atom. The summed E-state index contributed by atoms with van der Waals surface area (Å²) in [5.74, 6) is -0.537. The standard InChI is InChI=1S/C35H56O10/c1-16-12-18-26(30(4,5)41)45-35(44-18)25(16)31(6)10-11-33-15-34(33)19(8-9-20(33)32(31,7)28(35)40)29(2,3)22(13-21(34)37)43-27-24(39)23(38)17(36)14-42-27/h16-28,36-41H,8-15H2,1-7H3/t16-,17-,18-,19+,20+,21+,22+,23+,24-,25-,26+,27+,28-,31-,32-,33+,34-,35+/m1/s1. The van der Waals surface area contributed by atoms with Gasteiger partial charge in [-0.05, 0) is 86.4 Å². The average molecular weight is 637 g/mol. The van der Waals surface area contributed by atoms with Crippen LogP contribution in [-0.2, 0) is 18.9 Å². The molecule has 8 fully saturated rings. The van der Waals surface area contributed by atoms with Crippen molar-refractivity contribution in [3.05, 3.63) is 0 Å². The highest BCUT2D eigenvalue weighted by molar-refractivity contribution is 5.35. The molecule has 6 N–H and O–H groups in total. The second kappa shape index (κ2) is 9.23. The van der Waals surface area contributed by atoms with E-state index < -0.39 is 65.8 Å². The first kappa shape index (κ1) is 31.8. The van der Waals surface area contributed by atoms with Crippen LogP contribution in [0, 0.1) is 50.7 Å². The number of ether oxygens (including phenoxy) is 4. The Morgan fingerprint density at radius 1 is 0.867 bits per heavy atom. The predicted molar refractivity (Wildman–Crippen MR) is 160 cm³/mol. The third kappa shape index (κ3) is 3.51. The van der Waals surface area contributed by atoms with Crippen molar-refractivity contribution in [1.82, 2.24) is 0 Å². The molecule has 0 amide bonds. The number of hydrogen-bond donors (Lipinski definition) is 6. The molecule has 0 unspecified atom stereocenters. The van der Waals surface area contributed by atoms with Gasteiger partial charge in [-0.25, -0.2) is 0 Å². The minimum atomic E-state index is -1.37. The van der Waals surface area contributed by atoms with Gasteiger partial charge < -0.3 is 49.6 Å². The largest absolute Gasteiger partial charge is 0.392 e. The van der Waals surface area contributed by atoms with Crippen molar-refractivity contribution in [2.45, 2.75) is 160 Å². The summed E-state index contributed by atoms with van der Waals surface area (Å²) in [7, 11) is 0. The van der Waals surface area contributed by atoms with Crippen LogP contribution in [0.15, 0.2) is 0 Å². The first-order valence-corrected chi connectivity index (χ1v) is 17.6. The van der Waals surface area contributed by atoms with Crippen molar-refractivity contribution in [2.75, 3.05) is 6.61 Å². The minimum absolute atomic E-state index is 0.000311. The molecule has 0 aromatic heterocycles. The minimum Gasteiger partial charge on any atom is -0.392 e. The van der Waals surface area contributed by atoms with E-state index in [-0.39, 0.29) is 58.0 Å². The van der Waals surface area contributed by atoms with Gasteiger partial charge in [0.15, 0.2) is 12.1 Å². The van der Waals surface area contributed by atoms with Gasteiger partial charge in [-0.1, -0.05) is 34.6 Å². The zero-order valence-corrected chi connectivity index (χ0v) is 28.0. The lowest BCUT2D eigenvalue weighted by molar-refractivity contribution is -0.309. The van der Waals surface area contributed by atoms with Crippen molar-refractivity contribution in [1.29, 1.82) is 0 Å². The Hall–Kier alpha value is -0.400. The molecule has 256 valence electrons. The summed E-state index contributed by atoms with van der Waals surface area (Å²) in [4.78, 5) is 0. The van der Waals surface area contributed by atoms with E-state index in [2.05, 4.69) is 34.6 Å². The molecule has 10 nitrogen and oxygen atoms in total. The molecule has 2 bridgehead atoms. The molecule has 3 spiro atoms. The second-order valence-electron chi connectivity index (χ2n) is 18.4. The normalized spacial score (nSPS) is 62.7. The van der Waals surface area contributed by atoms with Crippen LogP contribution in [0.4, 0.5) is 0 Å². The van der Waals surface area contributed by atoms with Crippen molar-refractivity contribution >= 4 is 0 Å². The van der Waals surface area contributed by atoms with Crippen molar-refractivity contribution in [2.24, 2.45) is 50.7 Å². The molecule has 0 aromatic carbocycles.